The molecule has 4 rings (SSSR count). The fourth-order valence-corrected chi connectivity index (χ4v) is 2.47. The van der Waals surface area contributed by atoms with Gasteiger partial charge in [-0.05, 0) is 30.3 Å². The summed E-state index contributed by atoms with van der Waals surface area (Å²) in [5.74, 6) is 0.674. The molecule has 0 aliphatic rings. The first-order chi connectivity index (χ1) is 10.2. The highest BCUT2D eigenvalue weighted by atomic mass is 16.4. The van der Waals surface area contributed by atoms with E-state index in [0.717, 1.165) is 11.0 Å². The Kier molecular flexibility index (Phi) is 2.38. The van der Waals surface area contributed by atoms with Gasteiger partial charge in [-0.1, -0.05) is 18.2 Å². The average molecular weight is 278 g/mol. The summed E-state index contributed by atoms with van der Waals surface area (Å²) in [6.45, 7) is 0. The molecule has 102 valence electrons. The predicted molar refractivity (Wildman–Crippen MR) is 79.4 cm³/mol. The van der Waals surface area contributed by atoms with Crippen LogP contribution in [0.25, 0.3) is 33.3 Å². The molecule has 4 aromatic rings. The molecule has 21 heavy (non-hydrogen) atoms. The van der Waals surface area contributed by atoms with Crippen LogP contribution in [0.5, 0.6) is 5.75 Å². The van der Waals surface area contributed by atoms with Crippen molar-refractivity contribution in [2.24, 2.45) is 0 Å². The number of rotatable bonds is 1. The minimum absolute atomic E-state index is 0.105. The van der Waals surface area contributed by atoms with Crippen molar-refractivity contribution in [2.45, 2.75) is 0 Å². The number of phenolic OH excluding ortho intramolecular Hbond substituents is 1. The monoisotopic (exact) mass is 278 g/mol. The molecule has 0 atom stereocenters. The zero-order valence-corrected chi connectivity index (χ0v) is 10.9. The van der Waals surface area contributed by atoms with Crippen LogP contribution >= 0.6 is 0 Å². The number of phenols is 1. The molecular weight excluding hydrogens is 268 g/mol. The molecule has 2 heterocycles. The van der Waals surface area contributed by atoms with Gasteiger partial charge >= 0.3 is 5.63 Å². The van der Waals surface area contributed by atoms with Crippen molar-refractivity contribution in [1.82, 2.24) is 0 Å². The molecule has 4 nitrogen and oxygen atoms in total. The lowest BCUT2D eigenvalue weighted by Crippen LogP contribution is -1.97. The van der Waals surface area contributed by atoms with Crippen LogP contribution in [0, 0.1) is 0 Å². The minimum atomic E-state index is -0.455. The number of para-hydroxylation sites is 1. The first-order valence-electron chi connectivity index (χ1n) is 6.46. The van der Waals surface area contributed by atoms with Gasteiger partial charge in [0.05, 0.1) is 0 Å². The van der Waals surface area contributed by atoms with Crippen molar-refractivity contribution in [3.8, 4) is 17.1 Å². The molecule has 0 aliphatic heterocycles. The smallest absolute Gasteiger partial charge is 0.336 e. The van der Waals surface area contributed by atoms with Gasteiger partial charge in [-0.25, -0.2) is 4.79 Å². The number of hydrogen-bond donors (Lipinski definition) is 1. The Morgan fingerprint density at radius 1 is 0.857 bits per heavy atom. The molecule has 2 aromatic heterocycles. The maximum absolute atomic E-state index is 11.7. The Hall–Kier alpha value is -3.01. The summed E-state index contributed by atoms with van der Waals surface area (Å²) in [4.78, 5) is 11.7. The van der Waals surface area contributed by atoms with Gasteiger partial charge in [0, 0.05) is 22.4 Å². The highest BCUT2D eigenvalue weighted by Gasteiger charge is 2.12. The van der Waals surface area contributed by atoms with Crippen LogP contribution in [-0.4, -0.2) is 5.11 Å². The Bertz CT molecular complexity index is 991. The third kappa shape index (κ3) is 1.89. The van der Waals surface area contributed by atoms with Gasteiger partial charge in [-0.3, -0.25) is 0 Å². The molecule has 0 bridgehead atoms. The molecule has 0 unspecified atom stereocenters. The molecule has 0 spiro atoms. The minimum Gasteiger partial charge on any atom is -0.508 e. The van der Waals surface area contributed by atoms with E-state index >= 15 is 0 Å². The molecule has 4 heteroatoms. The van der Waals surface area contributed by atoms with Gasteiger partial charge in [-0.2, -0.15) is 0 Å². The van der Waals surface area contributed by atoms with E-state index < -0.39 is 5.63 Å². The molecule has 2 aromatic carbocycles. The summed E-state index contributed by atoms with van der Waals surface area (Å²) in [5, 5.41) is 11.2. The molecule has 0 amide bonds. The maximum Gasteiger partial charge on any atom is 0.336 e. The van der Waals surface area contributed by atoms with Crippen LogP contribution in [0.4, 0.5) is 0 Å². The van der Waals surface area contributed by atoms with Gasteiger partial charge < -0.3 is 13.9 Å². The van der Waals surface area contributed by atoms with E-state index in [1.807, 2.05) is 30.3 Å². The third-order valence-electron chi connectivity index (χ3n) is 3.42. The second kappa shape index (κ2) is 4.24. The second-order valence-corrected chi connectivity index (χ2v) is 4.81. The second-order valence-electron chi connectivity index (χ2n) is 4.81. The molecule has 0 fully saturated rings. The van der Waals surface area contributed by atoms with Crippen molar-refractivity contribution in [3.63, 3.8) is 0 Å². The number of aromatic hydroxyl groups is 1. The predicted octanol–water partition coefficient (Wildman–Crippen LogP) is 3.91. The summed E-state index contributed by atoms with van der Waals surface area (Å²) in [5.41, 5.74) is 1.31. The van der Waals surface area contributed by atoms with Crippen LogP contribution in [0.1, 0.15) is 0 Å². The molecule has 0 saturated carbocycles. The highest BCUT2D eigenvalue weighted by Crippen LogP contribution is 2.33. The molecule has 0 aliphatic carbocycles. The van der Waals surface area contributed by atoms with Crippen molar-refractivity contribution >= 4 is 21.9 Å². The van der Waals surface area contributed by atoms with Crippen LogP contribution in [0.15, 0.2) is 68.2 Å². The number of furan rings is 1. The third-order valence-corrected chi connectivity index (χ3v) is 3.42. The van der Waals surface area contributed by atoms with E-state index in [4.69, 9.17) is 8.83 Å². The van der Waals surface area contributed by atoms with E-state index in [9.17, 15) is 9.90 Å². The SMILES string of the molecule is O=c1cc(-c2cc3ccccc3o2)c2cc(O)ccc2o1. The lowest BCUT2D eigenvalue weighted by atomic mass is 10.1. The van der Waals surface area contributed by atoms with Gasteiger partial charge in [0.2, 0.25) is 0 Å². The lowest BCUT2D eigenvalue weighted by molar-refractivity contribution is 0.475. The first kappa shape index (κ1) is 11.8. The lowest BCUT2D eigenvalue weighted by Gasteiger charge is -2.02. The molecule has 1 N–H and O–H groups in total. The van der Waals surface area contributed by atoms with E-state index in [1.54, 1.807) is 12.1 Å². The summed E-state index contributed by atoms with van der Waals surface area (Å²) in [7, 11) is 0. The average Bonchev–Trinajstić information content (AvgIpc) is 2.90. The number of hydrogen-bond acceptors (Lipinski definition) is 4. The van der Waals surface area contributed by atoms with Gasteiger partial charge in [0.1, 0.15) is 22.7 Å². The first-order valence-corrected chi connectivity index (χ1v) is 6.46. The maximum atomic E-state index is 11.7. The zero-order valence-electron chi connectivity index (χ0n) is 10.9. The normalized spacial score (nSPS) is 11.2. The highest BCUT2D eigenvalue weighted by molar-refractivity contribution is 5.95. The van der Waals surface area contributed by atoms with Crippen LogP contribution < -0.4 is 5.63 Å². The summed E-state index contributed by atoms with van der Waals surface area (Å²) in [6.07, 6.45) is 0. The Morgan fingerprint density at radius 2 is 1.71 bits per heavy atom. The quantitative estimate of drug-likeness (QED) is 0.536. The van der Waals surface area contributed by atoms with Crippen molar-refractivity contribution < 1.29 is 13.9 Å². The van der Waals surface area contributed by atoms with Gasteiger partial charge in [-0.15, -0.1) is 0 Å². The fourth-order valence-electron chi connectivity index (χ4n) is 2.47. The van der Waals surface area contributed by atoms with Crippen LogP contribution in [0.2, 0.25) is 0 Å². The van der Waals surface area contributed by atoms with E-state index in [2.05, 4.69) is 0 Å². The Morgan fingerprint density at radius 3 is 2.57 bits per heavy atom. The largest absolute Gasteiger partial charge is 0.508 e. The van der Waals surface area contributed by atoms with Crippen molar-refractivity contribution in [3.05, 3.63) is 65.0 Å². The fraction of sp³-hybridized carbons (Fsp3) is 0. The molecule has 0 radical (unpaired) electrons. The zero-order chi connectivity index (χ0) is 14.4. The Labute approximate surface area is 118 Å². The number of benzene rings is 2. The summed E-state index contributed by atoms with van der Waals surface area (Å²) >= 11 is 0. The Balaban J connectivity index is 2.09. The van der Waals surface area contributed by atoms with Crippen molar-refractivity contribution in [2.75, 3.05) is 0 Å². The summed E-state index contributed by atoms with van der Waals surface area (Å²) < 4.78 is 10.9. The van der Waals surface area contributed by atoms with Gasteiger partial charge in [0.15, 0.2) is 0 Å². The van der Waals surface area contributed by atoms with E-state index in [1.165, 1.54) is 12.1 Å². The molecule has 0 saturated heterocycles. The van der Waals surface area contributed by atoms with Gasteiger partial charge in [0.25, 0.3) is 0 Å². The number of fused-ring (bicyclic) bond motifs is 2. The van der Waals surface area contributed by atoms with Crippen LogP contribution in [0.3, 0.4) is 0 Å². The topological polar surface area (TPSA) is 63.6 Å². The summed E-state index contributed by atoms with van der Waals surface area (Å²) in [6, 6.07) is 15.5. The molecular formula is C17H10O4. The van der Waals surface area contributed by atoms with Crippen LogP contribution in [-0.2, 0) is 0 Å². The van der Waals surface area contributed by atoms with Crippen molar-refractivity contribution in [1.29, 1.82) is 0 Å². The van der Waals surface area contributed by atoms with E-state index in [0.29, 0.717) is 22.3 Å². The standard InChI is InChI=1S/C17H10O4/c18-11-5-6-15-12(8-11)13(9-17(19)21-15)16-7-10-3-1-2-4-14(10)20-16/h1-9,18H. The van der Waals surface area contributed by atoms with E-state index in [-0.39, 0.29) is 5.75 Å².